The first-order valence-electron chi connectivity index (χ1n) is 6.09. The number of nitrogens with zero attached hydrogens (tertiary/aromatic N) is 1. The summed E-state index contributed by atoms with van der Waals surface area (Å²) < 4.78 is 39.7. The Balaban J connectivity index is 2.37. The third kappa shape index (κ3) is 2.86. The summed E-state index contributed by atoms with van der Waals surface area (Å²) in [5, 5.41) is 0. The maximum Gasteiger partial charge on any atom is 0.243 e. The van der Waals surface area contributed by atoms with Gasteiger partial charge in [0.2, 0.25) is 10.0 Å². The van der Waals surface area contributed by atoms with Crippen LogP contribution in [-0.2, 0) is 16.6 Å². The van der Waals surface area contributed by atoms with Gasteiger partial charge in [0.15, 0.2) is 0 Å². The van der Waals surface area contributed by atoms with E-state index < -0.39 is 15.8 Å². The minimum atomic E-state index is -3.57. The smallest absolute Gasteiger partial charge is 0.243 e. The van der Waals surface area contributed by atoms with Gasteiger partial charge in [-0.3, -0.25) is 0 Å². The molecule has 0 radical (unpaired) electrons. The van der Waals surface area contributed by atoms with E-state index in [0.717, 1.165) is 11.6 Å². The van der Waals surface area contributed by atoms with E-state index >= 15 is 0 Å². The van der Waals surface area contributed by atoms with Crippen LogP contribution in [-0.4, -0.2) is 25.8 Å². The Morgan fingerprint density at radius 1 is 1.42 bits per heavy atom. The van der Waals surface area contributed by atoms with Crippen molar-refractivity contribution in [2.75, 3.05) is 13.1 Å². The molecule has 104 valence electrons. The zero-order valence-corrected chi connectivity index (χ0v) is 11.6. The van der Waals surface area contributed by atoms with Gasteiger partial charge in [0.25, 0.3) is 0 Å². The molecule has 2 N–H and O–H groups in total. The number of hydrogen-bond donors (Lipinski definition) is 1. The fourth-order valence-electron chi connectivity index (χ4n) is 2.10. The predicted octanol–water partition coefficient (Wildman–Crippen LogP) is 1.63. The van der Waals surface area contributed by atoms with Crippen LogP contribution in [0, 0.1) is 5.82 Å². The number of benzene rings is 1. The number of rotatable bonds is 3. The first-order chi connectivity index (χ1) is 8.95. The van der Waals surface area contributed by atoms with Crippen molar-refractivity contribution in [1.29, 1.82) is 0 Å². The third-order valence-corrected chi connectivity index (χ3v) is 5.01. The fourth-order valence-corrected chi connectivity index (χ4v) is 3.65. The Morgan fingerprint density at radius 3 is 2.79 bits per heavy atom. The van der Waals surface area contributed by atoms with E-state index in [1.165, 1.54) is 16.4 Å². The summed E-state index contributed by atoms with van der Waals surface area (Å²) in [6, 6.07) is 3.76. The Kier molecular flexibility index (Phi) is 4.03. The van der Waals surface area contributed by atoms with Crippen molar-refractivity contribution in [1.82, 2.24) is 4.31 Å². The Morgan fingerprint density at radius 2 is 2.16 bits per heavy atom. The standard InChI is InChI=1S/C13H17FN2O2S/c1-10-3-2-6-16(9-10)19(17,18)12-4-5-13(14)11(7-12)8-15/h3-5,7H,2,6,8-9,15H2,1H3. The van der Waals surface area contributed by atoms with Crippen molar-refractivity contribution in [2.45, 2.75) is 24.8 Å². The third-order valence-electron chi connectivity index (χ3n) is 3.17. The molecule has 1 aliphatic rings. The minimum absolute atomic E-state index is 0.0197. The van der Waals surface area contributed by atoms with Gasteiger partial charge in [-0.05, 0) is 31.5 Å². The topological polar surface area (TPSA) is 63.4 Å². The van der Waals surface area contributed by atoms with Crippen LogP contribution in [0.5, 0.6) is 0 Å². The van der Waals surface area contributed by atoms with Crippen molar-refractivity contribution in [3.8, 4) is 0 Å². The quantitative estimate of drug-likeness (QED) is 0.858. The highest BCUT2D eigenvalue weighted by Crippen LogP contribution is 2.22. The molecule has 1 aromatic rings. The van der Waals surface area contributed by atoms with E-state index in [0.29, 0.717) is 19.5 Å². The molecule has 0 amide bonds. The van der Waals surface area contributed by atoms with E-state index in [2.05, 4.69) is 0 Å². The molecule has 0 aromatic heterocycles. The summed E-state index contributed by atoms with van der Waals surface area (Å²) in [4.78, 5) is 0.101. The Labute approximate surface area is 112 Å². The summed E-state index contributed by atoms with van der Waals surface area (Å²) in [5.41, 5.74) is 6.64. The van der Waals surface area contributed by atoms with Gasteiger partial charge < -0.3 is 5.73 Å². The summed E-state index contributed by atoms with van der Waals surface area (Å²) in [5.74, 6) is -0.476. The van der Waals surface area contributed by atoms with Gasteiger partial charge in [-0.2, -0.15) is 4.31 Å². The molecule has 19 heavy (non-hydrogen) atoms. The maximum absolute atomic E-state index is 13.4. The van der Waals surface area contributed by atoms with E-state index in [4.69, 9.17) is 5.73 Å². The SMILES string of the molecule is CC1=CCCN(S(=O)(=O)c2ccc(F)c(CN)c2)C1. The molecular formula is C13H17FN2O2S. The van der Waals surface area contributed by atoms with Gasteiger partial charge in [-0.15, -0.1) is 0 Å². The lowest BCUT2D eigenvalue weighted by Crippen LogP contribution is -2.35. The molecule has 0 spiro atoms. The molecule has 0 saturated heterocycles. The van der Waals surface area contributed by atoms with E-state index in [1.54, 1.807) is 0 Å². The summed E-state index contributed by atoms with van der Waals surface area (Å²) >= 11 is 0. The van der Waals surface area contributed by atoms with Gasteiger partial charge in [-0.1, -0.05) is 11.6 Å². The van der Waals surface area contributed by atoms with Gasteiger partial charge in [-0.25, -0.2) is 12.8 Å². The van der Waals surface area contributed by atoms with Crippen molar-refractivity contribution in [3.63, 3.8) is 0 Å². The van der Waals surface area contributed by atoms with Gasteiger partial charge in [0.05, 0.1) is 4.90 Å². The van der Waals surface area contributed by atoms with Crippen molar-refractivity contribution < 1.29 is 12.8 Å². The molecule has 2 rings (SSSR count). The molecule has 0 unspecified atom stereocenters. The zero-order chi connectivity index (χ0) is 14.0. The highest BCUT2D eigenvalue weighted by molar-refractivity contribution is 7.89. The largest absolute Gasteiger partial charge is 0.326 e. The lowest BCUT2D eigenvalue weighted by molar-refractivity contribution is 0.427. The predicted molar refractivity (Wildman–Crippen MR) is 71.4 cm³/mol. The Hall–Kier alpha value is -1.24. The highest BCUT2D eigenvalue weighted by Gasteiger charge is 2.26. The molecule has 0 fully saturated rings. The van der Waals surface area contributed by atoms with E-state index in [-0.39, 0.29) is 17.0 Å². The fraction of sp³-hybridized carbons (Fsp3) is 0.385. The first kappa shape index (κ1) is 14.2. The number of halogens is 1. The highest BCUT2D eigenvalue weighted by atomic mass is 32.2. The van der Waals surface area contributed by atoms with Crippen LogP contribution < -0.4 is 5.73 Å². The summed E-state index contributed by atoms with van der Waals surface area (Å²) in [6.07, 6.45) is 2.73. The lowest BCUT2D eigenvalue weighted by Gasteiger charge is -2.25. The van der Waals surface area contributed by atoms with Crippen molar-refractivity contribution in [2.24, 2.45) is 5.73 Å². The van der Waals surface area contributed by atoms with E-state index in [9.17, 15) is 12.8 Å². The first-order valence-corrected chi connectivity index (χ1v) is 7.53. The zero-order valence-electron chi connectivity index (χ0n) is 10.8. The molecule has 1 heterocycles. The molecule has 1 aliphatic heterocycles. The van der Waals surface area contributed by atoms with Gasteiger partial charge in [0, 0.05) is 25.2 Å². The number of sulfonamides is 1. The average Bonchev–Trinajstić information content (AvgIpc) is 2.39. The Bertz CT molecular complexity index is 611. The van der Waals surface area contributed by atoms with Crippen LogP contribution in [0.25, 0.3) is 0 Å². The molecule has 1 aromatic carbocycles. The van der Waals surface area contributed by atoms with Gasteiger partial charge >= 0.3 is 0 Å². The lowest BCUT2D eigenvalue weighted by atomic mass is 10.2. The number of nitrogens with two attached hydrogens (primary N) is 1. The molecule has 0 bridgehead atoms. The van der Waals surface area contributed by atoms with Crippen LogP contribution in [0.3, 0.4) is 0 Å². The average molecular weight is 284 g/mol. The molecule has 4 nitrogen and oxygen atoms in total. The molecular weight excluding hydrogens is 267 g/mol. The second-order valence-corrected chi connectivity index (χ2v) is 6.57. The molecule has 0 atom stereocenters. The second-order valence-electron chi connectivity index (χ2n) is 4.64. The van der Waals surface area contributed by atoms with Crippen LogP contribution >= 0.6 is 0 Å². The maximum atomic E-state index is 13.4. The second kappa shape index (κ2) is 5.40. The molecule has 0 saturated carbocycles. The molecule has 6 heteroatoms. The van der Waals surface area contributed by atoms with Crippen LogP contribution in [0.4, 0.5) is 4.39 Å². The molecule has 0 aliphatic carbocycles. The van der Waals surface area contributed by atoms with Crippen LogP contribution in [0.15, 0.2) is 34.7 Å². The minimum Gasteiger partial charge on any atom is -0.326 e. The van der Waals surface area contributed by atoms with Crippen molar-refractivity contribution in [3.05, 3.63) is 41.2 Å². The summed E-state index contributed by atoms with van der Waals surface area (Å²) in [7, 11) is -3.57. The number of hydrogen-bond acceptors (Lipinski definition) is 3. The van der Waals surface area contributed by atoms with Crippen LogP contribution in [0.1, 0.15) is 18.9 Å². The monoisotopic (exact) mass is 284 g/mol. The summed E-state index contributed by atoms with van der Waals surface area (Å²) in [6.45, 7) is 2.72. The van der Waals surface area contributed by atoms with Gasteiger partial charge in [0.1, 0.15) is 5.82 Å². The van der Waals surface area contributed by atoms with E-state index in [1.807, 2.05) is 13.0 Å². The van der Waals surface area contributed by atoms with Crippen molar-refractivity contribution >= 4 is 10.0 Å². The van der Waals surface area contributed by atoms with Crippen LogP contribution in [0.2, 0.25) is 0 Å². The normalized spacial score (nSPS) is 17.3.